The number of nitriles is 1. The zero-order valence-corrected chi connectivity index (χ0v) is 13.5. The summed E-state index contributed by atoms with van der Waals surface area (Å²) >= 11 is 0. The molecule has 0 spiro atoms. The normalized spacial score (nSPS) is 10.8. The Balaban J connectivity index is 2.14. The number of allylic oxidation sites excluding steroid dienone is 1. The van der Waals surface area contributed by atoms with Gasteiger partial charge in [-0.25, -0.2) is 9.97 Å². The fourth-order valence-corrected chi connectivity index (χ4v) is 2.09. The first-order valence-electron chi connectivity index (χ1n) is 7.72. The highest BCUT2D eigenvalue weighted by Gasteiger charge is 2.05. The third-order valence-electron chi connectivity index (χ3n) is 3.35. The second-order valence-corrected chi connectivity index (χ2v) is 5.12. The zero-order valence-electron chi connectivity index (χ0n) is 13.5. The van der Waals surface area contributed by atoms with E-state index in [1.165, 1.54) is 6.33 Å². The Labute approximate surface area is 141 Å². The SMILES string of the molecule is CCC/C=C(/NCc1ccc(C#N)cc1)c1cc(NC=O)ncn1. The van der Waals surface area contributed by atoms with Gasteiger partial charge in [0.2, 0.25) is 6.41 Å². The van der Waals surface area contributed by atoms with E-state index in [1.807, 2.05) is 12.1 Å². The van der Waals surface area contributed by atoms with E-state index in [0.29, 0.717) is 24.3 Å². The molecule has 6 heteroatoms. The van der Waals surface area contributed by atoms with Crippen LogP contribution < -0.4 is 10.6 Å². The highest BCUT2D eigenvalue weighted by molar-refractivity contribution is 5.71. The lowest BCUT2D eigenvalue weighted by atomic mass is 10.1. The molecule has 0 aliphatic heterocycles. The average Bonchev–Trinajstić information content (AvgIpc) is 2.63. The molecule has 6 nitrogen and oxygen atoms in total. The molecule has 24 heavy (non-hydrogen) atoms. The summed E-state index contributed by atoms with van der Waals surface area (Å²) in [5, 5.41) is 14.7. The van der Waals surface area contributed by atoms with Crippen molar-refractivity contribution in [3.8, 4) is 6.07 Å². The Bertz CT molecular complexity index is 747. The van der Waals surface area contributed by atoms with Gasteiger partial charge in [0, 0.05) is 12.6 Å². The predicted molar refractivity (Wildman–Crippen MR) is 92.6 cm³/mol. The number of aromatic nitrogens is 2. The maximum Gasteiger partial charge on any atom is 0.212 e. The molecule has 1 aromatic carbocycles. The molecule has 1 amide bonds. The van der Waals surface area contributed by atoms with Gasteiger partial charge in [-0.05, 0) is 24.1 Å². The van der Waals surface area contributed by atoms with Gasteiger partial charge in [0.15, 0.2) is 0 Å². The number of nitrogens with one attached hydrogen (secondary N) is 2. The van der Waals surface area contributed by atoms with Crippen molar-refractivity contribution < 1.29 is 4.79 Å². The Hall–Kier alpha value is -3.20. The van der Waals surface area contributed by atoms with Crippen molar-refractivity contribution in [1.29, 1.82) is 5.26 Å². The molecule has 0 aliphatic carbocycles. The summed E-state index contributed by atoms with van der Waals surface area (Å²) in [6, 6.07) is 11.3. The van der Waals surface area contributed by atoms with E-state index in [0.717, 1.165) is 29.8 Å². The number of amides is 1. The molecule has 1 heterocycles. The van der Waals surface area contributed by atoms with Crippen LogP contribution in [0.2, 0.25) is 0 Å². The number of hydrogen-bond acceptors (Lipinski definition) is 5. The molecule has 0 bridgehead atoms. The summed E-state index contributed by atoms with van der Waals surface area (Å²) in [4.78, 5) is 18.8. The summed E-state index contributed by atoms with van der Waals surface area (Å²) in [5.41, 5.74) is 3.31. The Morgan fingerprint density at radius 1 is 1.29 bits per heavy atom. The zero-order chi connectivity index (χ0) is 17.2. The third kappa shape index (κ3) is 4.92. The Kier molecular flexibility index (Phi) is 6.47. The molecule has 0 saturated carbocycles. The molecule has 122 valence electrons. The smallest absolute Gasteiger partial charge is 0.212 e. The molecule has 0 saturated heterocycles. The number of anilines is 1. The fraction of sp³-hybridized carbons (Fsp3) is 0.222. The van der Waals surface area contributed by atoms with Crippen molar-refractivity contribution >= 4 is 17.9 Å². The number of carbonyl (C=O) groups is 1. The summed E-state index contributed by atoms with van der Waals surface area (Å²) < 4.78 is 0. The summed E-state index contributed by atoms with van der Waals surface area (Å²) in [7, 11) is 0. The summed E-state index contributed by atoms with van der Waals surface area (Å²) in [6.45, 7) is 2.72. The van der Waals surface area contributed by atoms with Gasteiger partial charge >= 0.3 is 0 Å². The highest BCUT2D eigenvalue weighted by Crippen LogP contribution is 2.14. The highest BCUT2D eigenvalue weighted by atomic mass is 16.1. The number of carbonyl (C=O) groups excluding carboxylic acids is 1. The topological polar surface area (TPSA) is 90.7 Å². The van der Waals surface area contributed by atoms with Crippen LogP contribution in [0.4, 0.5) is 5.82 Å². The van der Waals surface area contributed by atoms with Crippen molar-refractivity contribution in [2.45, 2.75) is 26.3 Å². The second-order valence-electron chi connectivity index (χ2n) is 5.12. The second kappa shape index (κ2) is 9.06. The Morgan fingerprint density at radius 3 is 2.75 bits per heavy atom. The van der Waals surface area contributed by atoms with Crippen LogP contribution in [0.3, 0.4) is 0 Å². The van der Waals surface area contributed by atoms with Gasteiger partial charge in [-0.1, -0.05) is 31.6 Å². The molecule has 0 fully saturated rings. The van der Waals surface area contributed by atoms with Crippen molar-refractivity contribution in [3.05, 3.63) is 59.6 Å². The van der Waals surface area contributed by atoms with E-state index in [1.54, 1.807) is 18.2 Å². The molecular formula is C18H19N5O. The van der Waals surface area contributed by atoms with Crippen LogP contribution in [0.15, 0.2) is 42.7 Å². The van der Waals surface area contributed by atoms with Crippen LogP contribution in [-0.4, -0.2) is 16.4 Å². The lowest BCUT2D eigenvalue weighted by Gasteiger charge is -2.12. The van der Waals surface area contributed by atoms with Crippen molar-refractivity contribution in [2.75, 3.05) is 5.32 Å². The number of hydrogen-bond donors (Lipinski definition) is 2. The van der Waals surface area contributed by atoms with E-state index in [2.05, 4.69) is 39.7 Å². The molecule has 0 unspecified atom stereocenters. The van der Waals surface area contributed by atoms with Crippen molar-refractivity contribution in [3.63, 3.8) is 0 Å². The molecule has 0 atom stereocenters. The first-order chi connectivity index (χ1) is 11.8. The Morgan fingerprint density at radius 2 is 2.08 bits per heavy atom. The molecular weight excluding hydrogens is 302 g/mol. The van der Waals surface area contributed by atoms with Gasteiger partial charge in [0.05, 0.1) is 23.0 Å². The first-order valence-corrected chi connectivity index (χ1v) is 7.72. The van der Waals surface area contributed by atoms with Gasteiger partial charge < -0.3 is 10.6 Å². The van der Waals surface area contributed by atoms with E-state index >= 15 is 0 Å². The average molecular weight is 321 g/mol. The molecule has 0 radical (unpaired) electrons. The standard InChI is InChI=1S/C18H19N5O/c1-2-3-4-16(17-9-18(23-13-24)22-12-21-17)20-11-15-7-5-14(10-19)6-8-15/h4-9,12-13,20H,2-3,11H2,1H3,(H,21,22,23,24)/b16-4+. The van der Waals surface area contributed by atoms with Crippen LogP contribution in [0.1, 0.15) is 36.6 Å². The van der Waals surface area contributed by atoms with Gasteiger partial charge in [-0.15, -0.1) is 0 Å². The van der Waals surface area contributed by atoms with Crippen LogP contribution in [0, 0.1) is 11.3 Å². The minimum atomic E-state index is 0.456. The van der Waals surface area contributed by atoms with E-state index in [4.69, 9.17) is 5.26 Å². The summed E-state index contributed by atoms with van der Waals surface area (Å²) in [6.07, 6.45) is 6.02. The van der Waals surface area contributed by atoms with Crippen LogP contribution in [-0.2, 0) is 11.3 Å². The lowest BCUT2D eigenvalue weighted by Crippen LogP contribution is -2.13. The molecule has 2 aromatic rings. The molecule has 2 rings (SSSR count). The maximum atomic E-state index is 10.6. The first kappa shape index (κ1) is 17.2. The van der Waals surface area contributed by atoms with E-state index < -0.39 is 0 Å². The number of benzene rings is 1. The van der Waals surface area contributed by atoms with E-state index in [9.17, 15) is 4.79 Å². The van der Waals surface area contributed by atoms with Gasteiger partial charge in [-0.3, -0.25) is 4.79 Å². The van der Waals surface area contributed by atoms with Crippen molar-refractivity contribution in [1.82, 2.24) is 15.3 Å². The van der Waals surface area contributed by atoms with Crippen LogP contribution in [0.5, 0.6) is 0 Å². The minimum Gasteiger partial charge on any atom is -0.379 e. The van der Waals surface area contributed by atoms with Gasteiger partial charge in [-0.2, -0.15) is 5.26 Å². The minimum absolute atomic E-state index is 0.456. The monoisotopic (exact) mass is 321 g/mol. The lowest BCUT2D eigenvalue weighted by molar-refractivity contribution is -0.105. The molecule has 1 aromatic heterocycles. The summed E-state index contributed by atoms with van der Waals surface area (Å²) in [5.74, 6) is 0.456. The number of rotatable bonds is 8. The van der Waals surface area contributed by atoms with Crippen LogP contribution in [0.25, 0.3) is 5.70 Å². The van der Waals surface area contributed by atoms with Crippen LogP contribution >= 0.6 is 0 Å². The molecule has 2 N–H and O–H groups in total. The predicted octanol–water partition coefficient (Wildman–Crippen LogP) is 2.85. The largest absolute Gasteiger partial charge is 0.379 e. The number of nitrogens with zero attached hydrogens (tertiary/aromatic N) is 3. The quantitative estimate of drug-likeness (QED) is 0.730. The van der Waals surface area contributed by atoms with Crippen molar-refractivity contribution in [2.24, 2.45) is 0 Å². The van der Waals surface area contributed by atoms with Gasteiger partial charge in [0.1, 0.15) is 12.1 Å². The van der Waals surface area contributed by atoms with Gasteiger partial charge in [0.25, 0.3) is 0 Å². The fourth-order valence-electron chi connectivity index (χ4n) is 2.09. The van der Waals surface area contributed by atoms with E-state index in [-0.39, 0.29) is 0 Å². The molecule has 0 aliphatic rings. The maximum absolute atomic E-state index is 10.6. The number of unbranched alkanes of at least 4 members (excludes halogenated alkanes) is 1. The third-order valence-corrected chi connectivity index (χ3v) is 3.35.